The van der Waals surface area contributed by atoms with Gasteiger partial charge in [0.1, 0.15) is 11.8 Å². The molecule has 1 saturated heterocycles. The average Bonchev–Trinajstić information content (AvgIpc) is 2.71. The van der Waals surface area contributed by atoms with Crippen molar-refractivity contribution in [1.82, 2.24) is 5.32 Å². The third kappa shape index (κ3) is 7.03. The summed E-state index contributed by atoms with van der Waals surface area (Å²) in [5.41, 5.74) is 5.35. The van der Waals surface area contributed by atoms with Gasteiger partial charge in [-0.3, -0.25) is 23.4 Å². The van der Waals surface area contributed by atoms with Gasteiger partial charge in [-0.15, -0.1) is 0 Å². The molecule has 0 saturated carbocycles. The standard InChI is InChI=1S/C19H27N2O9P/c1-19(2)11-28-31(26,30-16(19)17(23)21-9-8-15(22)27-3)29-13-6-4-12(5-7-13)10-14(20)18(24)25/h4-7,14,16H,8-11,20H2,1-3H3,(H,21,23)(H,24,25)/t14?,16-,31?/m1/s1. The third-order valence-electron chi connectivity index (χ3n) is 4.55. The molecule has 1 aliphatic heterocycles. The molecule has 1 aliphatic rings. The van der Waals surface area contributed by atoms with E-state index in [0.717, 1.165) is 0 Å². The second-order valence-corrected chi connectivity index (χ2v) is 9.24. The Hall–Kier alpha value is -2.46. The van der Waals surface area contributed by atoms with Crippen molar-refractivity contribution >= 4 is 25.7 Å². The Bertz CT molecular complexity index is 856. The molecule has 3 atom stereocenters. The van der Waals surface area contributed by atoms with Gasteiger partial charge in [0.05, 0.1) is 20.1 Å². The van der Waals surface area contributed by atoms with E-state index < -0.39 is 43.2 Å². The second kappa shape index (κ2) is 10.2. The number of benzene rings is 1. The monoisotopic (exact) mass is 458 g/mol. The molecule has 4 N–H and O–H groups in total. The van der Waals surface area contributed by atoms with Crippen molar-refractivity contribution in [3.8, 4) is 5.75 Å². The molecule has 11 nitrogen and oxygen atoms in total. The van der Waals surface area contributed by atoms with Crippen LogP contribution in [0.1, 0.15) is 25.8 Å². The minimum Gasteiger partial charge on any atom is -0.480 e. The lowest BCUT2D eigenvalue weighted by molar-refractivity contribution is -0.142. The van der Waals surface area contributed by atoms with Gasteiger partial charge in [-0.05, 0) is 24.1 Å². The maximum absolute atomic E-state index is 13.0. The van der Waals surface area contributed by atoms with Crippen LogP contribution in [0.25, 0.3) is 0 Å². The number of methoxy groups -OCH3 is 1. The molecule has 172 valence electrons. The minimum absolute atomic E-state index is 0.0159. The number of carboxylic acids is 1. The summed E-state index contributed by atoms with van der Waals surface area (Å²) in [6.45, 7) is 3.39. The van der Waals surface area contributed by atoms with Crippen LogP contribution in [-0.2, 0) is 39.2 Å². The molecule has 1 fully saturated rings. The third-order valence-corrected chi connectivity index (χ3v) is 5.90. The number of ether oxygens (including phenoxy) is 1. The van der Waals surface area contributed by atoms with Gasteiger partial charge in [0.15, 0.2) is 6.10 Å². The van der Waals surface area contributed by atoms with E-state index in [-0.39, 0.29) is 31.7 Å². The number of phosphoric ester groups is 1. The first-order valence-electron chi connectivity index (χ1n) is 9.50. The van der Waals surface area contributed by atoms with Gasteiger partial charge in [-0.25, -0.2) is 4.57 Å². The zero-order valence-electron chi connectivity index (χ0n) is 17.5. The van der Waals surface area contributed by atoms with E-state index in [1.54, 1.807) is 26.0 Å². The highest BCUT2D eigenvalue weighted by molar-refractivity contribution is 7.49. The van der Waals surface area contributed by atoms with Crippen molar-refractivity contribution in [3.63, 3.8) is 0 Å². The highest BCUT2D eigenvalue weighted by Gasteiger charge is 2.49. The molecule has 0 aliphatic carbocycles. The fourth-order valence-corrected chi connectivity index (χ4v) is 4.38. The van der Waals surface area contributed by atoms with E-state index in [4.69, 9.17) is 24.4 Å². The van der Waals surface area contributed by atoms with Gasteiger partial charge in [0, 0.05) is 12.0 Å². The lowest BCUT2D eigenvalue weighted by Crippen LogP contribution is -2.50. The molecule has 31 heavy (non-hydrogen) atoms. The molecule has 1 heterocycles. The summed E-state index contributed by atoms with van der Waals surface area (Å²) in [6, 6.07) is 5.06. The fraction of sp³-hybridized carbons (Fsp3) is 0.526. The van der Waals surface area contributed by atoms with Crippen molar-refractivity contribution in [2.45, 2.75) is 38.8 Å². The summed E-state index contributed by atoms with van der Waals surface area (Å²) < 4.78 is 33.6. The summed E-state index contributed by atoms with van der Waals surface area (Å²) in [4.78, 5) is 34.6. The van der Waals surface area contributed by atoms with Crippen molar-refractivity contribution < 1.29 is 42.4 Å². The lowest BCUT2D eigenvalue weighted by atomic mass is 9.87. The van der Waals surface area contributed by atoms with E-state index in [1.165, 1.54) is 19.2 Å². The van der Waals surface area contributed by atoms with Gasteiger partial charge in [0.2, 0.25) is 0 Å². The van der Waals surface area contributed by atoms with E-state index >= 15 is 0 Å². The molecule has 0 aromatic heterocycles. The van der Waals surface area contributed by atoms with E-state index in [9.17, 15) is 18.9 Å². The number of rotatable bonds is 9. The normalized spacial score (nSPS) is 23.4. The van der Waals surface area contributed by atoms with Crippen LogP contribution in [0.4, 0.5) is 0 Å². The van der Waals surface area contributed by atoms with Crippen LogP contribution >= 0.6 is 7.82 Å². The predicted octanol–water partition coefficient (Wildman–Crippen LogP) is 1.25. The summed E-state index contributed by atoms with van der Waals surface area (Å²) in [7, 11) is -2.87. The first kappa shape index (κ1) is 24.8. The van der Waals surface area contributed by atoms with Crippen LogP contribution in [0, 0.1) is 5.41 Å². The predicted molar refractivity (Wildman–Crippen MR) is 108 cm³/mol. The fourth-order valence-electron chi connectivity index (χ4n) is 2.71. The van der Waals surface area contributed by atoms with Gasteiger partial charge in [-0.1, -0.05) is 26.0 Å². The molecule has 12 heteroatoms. The summed E-state index contributed by atoms with van der Waals surface area (Å²) in [6.07, 6.45) is -1.04. The molecule has 1 amide bonds. The molecular weight excluding hydrogens is 431 g/mol. The van der Waals surface area contributed by atoms with E-state index in [1.807, 2.05) is 0 Å². The quantitative estimate of drug-likeness (QED) is 0.362. The molecular formula is C19H27N2O9P. The zero-order chi connectivity index (χ0) is 23.2. The minimum atomic E-state index is -4.11. The highest BCUT2D eigenvalue weighted by Crippen LogP contribution is 2.56. The van der Waals surface area contributed by atoms with E-state index in [2.05, 4.69) is 10.1 Å². The number of carboxylic acid groups (broad SMARTS) is 1. The summed E-state index contributed by atoms with van der Waals surface area (Å²) in [5, 5.41) is 11.4. The van der Waals surface area contributed by atoms with Crippen LogP contribution in [0.2, 0.25) is 0 Å². The topological polar surface area (TPSA) is 163 Å². The Balaban J connectivity index is 2.03. The van der Waals surface area contributed by atoms with Crippen LogP contribution in [0.5, 0.6) is 5.75 Å². The zero-order valence-corrected chi connectivity index (χ0v) is 18.4. The van der Waals surface area contributed by atoms with Crippen molar-refractivity contribution in [2.24, 2.45) is 11.1 Å². The molecule has 2 unspecified atom stereocenters. The van der Waals surface area contributed by atoms with Crippen LogP contribution in [-0.4, -0.2) is 55.4 Å². The van der Waals surface area contributed by atoms with Crippen LogP contribution in [0.15, 0.2) is 24.3 Å². The Morgan fingerprint density at radius 3 is 2.55 bits per heavy atom. The van der Waals surface area contributed by atoms with Crippen molar-refractivity contribution in [3.05, 3.63) is 29.8 Å². The summed E-state index contributed by atoms with van der Waals surface area (Å²) >= 11 is 0. The number of esters is 1. The number of phosphoric acid groups is 1. The molecule has 0 radical (unpaired) electrons. The largest absolute Gasteiger partial charge is 0.530 e. The number of hydrogen-bond acceptors (Lipinski definition) is 9. The molecule has 1 aromatic rings. The first-order chi connectivity index (χ1) is 14.5. The van der Waals surface area contributed by atoms with Crippen LogP contribution < -0.4 is 15.6 Å². The van der Waals surface area contributed by atoms with E-state index in [0.29, 0.717) is 5.56 Å². The number of aliphatic carboxylic acids is 1. The number of nitrogens with one attached hydrogen (secondary N) is 1. The Labute approximate surface area is 179 Å². The molecule has 0 bridgehead atoms. The highest BCUT2D eigenvalue weighted by atomic mass is 31.2. The number of carbonyl (C=O) groups is 3. The van der Waals surface area contributed by atoms with Crippen molar-refractivity contribution in [2.75, 3.05) is 20.3 Å². The second-order valence-electron chi connectivity index (χ2n) is 7.70. The number of carbonyl (C=O) groups excluding carboxylic acids is 2. The van der Waals surface area contributed by atoms with Gasteiger partial charge >= 0.3 is 19.8 Å². The maximum Gasteiger partial charge on any atom is 0.530 e. The SMILES string of the molecule is COC(=O)CCNC(=O)[C@H]1OP(=O)(Oc2ccc(CC(N)C(=O)O)cc2)OCC1(C)C. The molecule has 1 aromatic carbocycles. The number of nitrogens with two attached hydrogens (primary N) is 1. The van der Waals surface area contributed by atoms with Gasteiger partial charge in [-0.2, -0.15) is 0 Å². The Morgan fingerprint density at radius 2 is 1.97 bits per heavy atom. The van der Waals surface area contributed by atoms with Crippen molar-refractivity contribution in [1.29, 1.82) is 0 Å². The smallest absolute Gasteiger partial charge is 0.480 e. The molecule has 0 spiro atoms. The average molecular weight is 458 g/mol. The van der Waals surface area contributed by atoms with Gasteiger partial charge < -0.3 is 25.4 Å². The maximum atomic E-state index is 13.0. The van der Waals surface area contributed by atoms with Crippen LogP contribution in [0.3, 0.4) is 0 Å². The summed E-state index contributed by atoms with van der Waals surface area (Å²) in [5.74, 6) is -2.00. The van der Waals surface area contributed by atoms with Gasteiger partial charge in [0.25, 0.3) is 5.91 Å². The Kier molecular flexibility index (Phi) is 8.19. The lowest BCUT2D eigenvalue weighted by Gasteiger charge is -2.39. The molecule has 2 rings (SSSR count). The first-order valence-corrected chi connectivity index (χ1v) is 11.0. The number of hydrogen-bond donors (Lipinski definition) is 3. The number of amides is 1. The Morgan fingerprint density at radius 1 is 1.32 bits per heavy atom.